The third-order valence-electron chi connectivity index (χ3n) is 22.8. The summed E-state index contributed by atoms with van der Waals surface area (Å²) in [4.78, 5) is 122. The van der Waals surface area contributed by atoms with Crippen molar-refractivity contribution in [3.8, 4) is 57.1 Å². The van der Waals surface area contributed by atoms with Gasteiger partial charge in [0.25, 0.3) is 0 Å². The van der Waals surface area contributed by atoms with Crippen molar-refractivity contribution < 1.29 is 127 Å². The molecule has 22 atom stereocenters. The molecule has 0 saturated carbocycles. The summed E-state index contributed by atoms with van der Waals surface area (Å²) in [6.45, 7) is 10.9. The number of nitrogens with two attached hydrogens (primary N) is 3. The number of benzene rings is 5. The molecule has 5 aromatic carbocycles. The Morgan fingerprint density at radius 2 is 1.30 bits per heavy atom. The number of carbonyl (C=O) groups excluding carboxylic acids is 7. The number of aliphatic hydroxyl groups excluding tert-OH is 6. The molecule has 122 heavy (non-hydrogen) atoms. The van der Waals surface area contributed by atoms with Gasteiger partial charge in [-0.1, -0.05) is 102 Å². The third kappa shape index (κ3) is 21.4. The predicted molar refractivity (Wildman–Crippen MR) is 435 cm³/mol. The summed E-state index contributed by atoms with van der Waals surface area (Å²) in [5, 5.41) is 139. The van der Waals surface area contributed by atoms with Crippen molar-refractivity contribution in [3.63, 3.8) is 0 Å². The van der Waals surface area contributed by atoms with Crippen LogP contribution in [-0.2, 0) is 68.6 Å². The highest BCUT2D eigenvalue weighted by Crippen LogP contribution is 2.51. The molecule has 37 nitrogen and oxygen atoms in total. The van der Waals surface area contributed by atoms with Gasteiger partial charge >= 0.3 is 5.97 Å². The number of primary amides is 1. The van der Waals surface area contributed by atoms with E-state index < -0.39 is 250 Å². The zero-order valence-corrected chi connectivity index (χ0v) is 69.6. The van der Waals surface area contributed by atoms with Crippen molar-refractivity contribution in [2.45, 2.75) is 265 Å². The lowest BCUT2D eigenvalue weighted by molar-refractivity contribution is -0.333. The summed E-state index contributed by atoms with van der Waals surface area (Å²) < 4.78 is 52.4. The lowest BCUT2D eigenvalue weighted by Gasteiger charge is -2.47. The van der Waals surface area contributed by atoms with E-state index >= 15 is 24.0 Å². The molecule has 12 rings (SSSR count). The minimum absolute atomic E-state index is 0.108. The number of carboxylic acid groups (broad SMARTS) is 1. The quantitative estimate of drug-likeness (QED) is 0.0354. The number of aliphatic carboxylic acids is 1. The lowest BCUT2D eigenvalue weighted by atomic mass is 9.86. The molecule has 3 fully saturated rings. The molecule has 666 valence electrons. The average Bonchev–Trinajstić information content (AvgIpc) is 1.06. The van der Waals surface area contributed by atoms with Gasteiger partial charge in [0.2, 0.25) is 53.4 Å². The largest absolute Gasteiger partial charge is 0.507 e. The van der Waals surface area contributed by atoms with E-state index in [4.69, 9.17) is 66.7 Å². The smallest absolute Gasteiger partial charge is 0.330 e. The number of aliphatic hydroxyl groups is 6. The molecule has 24 N–H and O–H groups in total. The van der Waals surface area contributed by atoms with Crippen LogP contribution in [0.15, 0.2) is 78.9 Å². The number of aromatic hydroxyl groups is 3. The molecule has 0 unspecified atom stereocenters. The monoisotopic (exact) mass is 1730 g/mol. The summed E-state index contributed by atoms with van der Waals surface area (Å²) in [5.74, 6) is -15.5. The molecule has 3 saturated heterocycles. The predicted octanol–water partition coefficient (Wildman–Crippen LogP) is 2.92. The molecule has 5 aromatic rings. The van der Waals surface area contributed by atoms with Gasteiger partial charge in [-0.3, -0.25) is 33.6 Å². The van der Waals surface area contributed by atoms with Crippen molar-refractivity contribution in [2.24, 2.45) is 23.1 Å². The fourth-order valence-electron chi connectivity index (χ4n) is 16.1. The van der Waals surface area contributed by atoms with E-state index in [1.165, 1.54) is 71.1 Å². The number of ether oxygens (including phenoxy) is 8. The summed E-state index contributed by atoms with van der Waals surface area (Å²) in [6, 6.07) is 0.969. The molecule has 7 aliphatic rings. The van der Waals surface area contributed by atoms with Crippen LogP contribution < -0.4 is 73.9 Å². The average molecular weight is 1730 g/mol. The maximum Gasteiger partial charge on any atom is 0.330 e. The molecular weight excluding hydrogens is 1610 g/mol. The number of hydrogen-bond acceptors (Lipinski definition) is 29. The van der Waals surface area contributed by atoms with Gasteiger partial charge in [-0.2, -0.15) is 0 Å². The second-order valence-electron chi connectivity index (χ2n) is 33.0. The molecule has 7 heterocycles. The van der Waals surface area contributed by atoms with Gasteiger partial charge in [-0.05, 0) is 137 Å². The topological polar surface area (TPSA) is 587 Å². The van der Waals surface area contributed by atoms with Crippen LogP contribution >= 0.6 is 11.6 Å². The van der Waals surface area contributed by atoms with Crippen LogP contribution in [0.2, 0.25) is 5.02 Å². The maximum absolute atomic E-state index is 16.6. The lowest BCUT2D eigenvalue weighted by Crippen LogP contribution is -2.64. The van der Waals surface area contributed by atoms with E-state index in [9.17, 15) is 65.4 Å². The van der Waals surface area contributed by atoms with Gasteiger partial charge in [-0.15, -0.1) is 0 Å². The van der Waals surface area contributed by atoms with Crippen LogP contribution in [0.5, 0.6) is 46.0 Å². The summed E-state index contributed by atoms with van der Waals surface area (Å²) in [5.41, 5.74) is 13.5. The Kier molecular flexibility index (Phi) is 30.4. The van der Waals surface area contributed by atoms with E-state index in [1.54, 1.807) is 0 Å². The Hall–Kier alpha value is -9.65. The number of likely N-dealkylation sites (N-methyl/N-ethyl adjacent to an activating group) is 1. The minimum atomic E-state index is -2.36. The van der Waals surface area contributed by atoms with Gasteiger partial charge < -0.3 is 149 Å². The molecule has 7 aliphatic heterocycles. The maximum atomic E-state index is 16.6. The van der Waals surface area contributed by atoms with Crippen LogP contribution in [0.3, 0.4) is 0 Å². The highest BCUT2D eigenvalue weighted by Gasteiger charge is 2.53. The highest BCUT2D eigenvalue weighted by atomic mass is 35.5. The number of carboxylic acids is 1. The first-order chi connectivity index (χ1) is 57.8. The number of halogens is 1. The van der Waals surface area contributed by atoms with Gasteiger partial charge in [-0.25, -0.2) is 4.79 Å². The number of fused-ring (bicyclic) bond motifs is 19. The second-order valence-corrected chi connectivity index (χ2v) is 33.5. The number of phenols is 3. The number of nitrogens with one attached hydrogen (secondary N) is 8. The number of amides is 7. The molecule has 7 amide bonds. The number of rotatable bonds is 26. The Balaban J connectivity index is 1.17. The second kappa shape index (κ2) is 39.9. The SMILES string of the molecule is CCCCCCCCCCNCc1c(O)cc2c(c1O)-c1cc(ccc1O)[C@H]1NC(=O)[C@@H]3NC(=O)[C@H](CC(N)=O)NC(=O)[C@H](NC(=O)[C@@H](CC(C)C)NC)[C@H](O)c4ccc(c(Cl)c4)Oc4cc3cc(c4O[C@@H]3O[C@@H](CO)[C@H](O)[C@@H](O)[C@@H]3O[C@H]3C[C@@](C)(N)[C@@H](O)[C@@H](C)O3)Oc3cccc(c3)[C@@H](O[C@H]3C[C@@](C)(N)[C@@H](O)[C@@H](C)O3)[C@H](NC1=O)C(=O)N[C@@H]2C(=O)O. The van der Waals surface area contributed by atoms with E-state index in [-0.39, 0.29) is 70.5 Å². The van der Waals surface area contributed by atoms with Crippen LogP contribution in [0.4, 0.5) is 0 Å². The first-order valence-corrected chi connectivity index (χ1v) is 41.3. The van der Waals surface area contributed by atoms with E-state index in [0.717, 1.165) is 87.4 Å². The first-order valence-electron chi connectivity index (χ1n) is 40.9. The van der Waals surface area contributed by atoms with Gasteiger partial charge in [0.05, 0.1) is 54.1 Å². The number of hydrogen-bond donors (Lipinski definition) is 21. The summed E-state index contributed by atoms with van der Waals surface area (Å²) in [7, 11) is 1.48. The van der Waals surface area contributed by atoms with Crippen molar-refractivity contribution >= 4 is 58.9 Å². The molecule has 0 radical (unpaired) electrons. The van der Waals surface area contributed by atoms with Crippen molar-refractivity contribution in [1.82, 2.24) is 42.5 Å². The van der Waals surface area contributed by atoms with Crippen molar-refractivity contribution in [3.05, 3.63) is 117 Å². The van der Waals surface area contributed by atoms with Crippen LogP contribution in [0.1, 0.15) is 189 Å². The number of unbranched alkanes of at least 4 members (excludes halogenated alkanes) is 7. The van der Waals surface area contributed by atoms with E-state index in [2.05, 4.69) is 49.5 Å². The Bertz CT molecular complexity index is 4640. The fraction of sp³-hybridized carbons (Fsp3) is 0.548. The number of phenolic OH excluding ortho intramolecular Hbond substituents is 3. The zero-order valence-electron chi connectivity index (χ0n) is 68.9. The third-order valence-corrected chi connectivity index (χ3v) is 23.1. The Morgan fingerprint density at radius 1 is 0.672 bits per heavy atom. The summed E-state index contributed by atoms with van der Waals surface area (Å²) >= 11 is 7.21. The van der Waals surface area contributed by atoms with E-state index in [1.807, 2.05) is 13.8 Å². The zero-order chi connectivity index (χ0) is 88.7. The normalized spacial score (nSPS) is 30.2. The van der Waals surface area contributed by atoms with Gasteiger partial charge in [0, 0.05) is 47.2 Å². The van der Waals surface area contributed by atoms with Crippen LogP contribution in [0.25, 0.3) is 11.1 Å². The molecule has 0 aliphatic carbocycles. The van der Waals surface area contributed by atoms with Crippen LogP contribution in [0, 0.1) is 5.92 Å². The van der Waals surface area contributed by atoms with Gasteiger partial charge in [0.15, 0.2) is 36.2 Å². The van der Waals surface area contributed by atoms with Crippen LogP contribution in [-0.4, -0.2) is 222 Å². The fourth-order valence-corrected chi connectivity index (χ4v) is 16.3. The summed E-state index contributed by atoms with van der Waals surface area (Å²) in [6.07, 6.45) is -14.9. The standard InChI is InChI=1S/C84H112ClN11O26/c1-9-10-11-12-13-14-15-16-24-90-35-47-52(99)31-46-60(67(47)102)45-27-40(20-22-51(45)98)61-77(109)96-65(80(112)94-63(46)81(113)114)70(120-58-33-83(6,87)73(105)38(4)115-58)42-18-17-19-44(26-42)117-54-29-43-30-55(71(54)122-82-72(69(104)68(103)56(36-97)119-82)121-59-34-84(7,88)74(106)39(5)116-59)118-53-23-21-41(28-48(53)85)66(101)64(95-75(107)49(89-8)25-37(2)3)79(111)91-50(32-57(86)100)76(108)92-62(43)78(110)93-61/h17-23,26-31,37-39,49-50,56,58-59,61-66,68-70,72-74,82,89-90,97-99,101-106H,9-16,24-25,32-36,87-88H2,1-8H3,(H2,86,100)(H,91,111)(H,92,108)(H,93,110)(H,94,112)(H,95,107)(H,96,109)(H,113,114)/t38-,39-,49-,50+,56+,58+,59+,61-,62-,63+,64-,65+,66-,68+,69-,70-,72+,73+,74+,82+,83-,84-/m1/s1. The molecular formula is C84H112ClN11O26. The van der Waals surface area contributed by atoms with E-state index in [0.29, 0.717) is 13.0 Å². The first kappa shape index (κ1) is 93.1. The Morgan fingerprint density at radius 3 is 1.92 bits per heavy atom. The Labute approximate surface area is 708 Å². The molecule has 0 aromatic heterocycles. The molecule has 11 bridgehead atoms. The van der Waals surface area contributed by atoms with Crippen molar-refractivity contribution in [2.75, 3.05) is 20.2 Å². The molecule has 38 heteroatoms. The van der Waals surface area contributed by atoms with Crippen molar-refractivity contribution in [1.29, 1.82) is 0 Å². The minimum Gasteiger partial charge on any atom is -0.507 e. The number of carbonyl (C=O) groups is 8. The highest BCUT2D eigenvalue weighted by molar-refractivity contribution is 6.32. The van der Waals surface area contributed by atoms with Gasteiger partial charge in [0.1, 0.15) is 89.5 Å². The molecule has 0 spiro atoms.